The molecule has 1 aromatic carbocycles. The van der Waals surface area contributed by atoms with E-state index in [1.807, 2.05) is 0 Å². The first-order valence-corrected chi connectivity index (χ1v) is 5.76. The highest BCUT2D eigenvalue weighted by atomic mass is 16.5. The van der Waals surface area contributed by atoms with Crippen molar-refractivity contribution in [2.75, 3.05) is 26.6 Å². The number of carbonyl (C=O) groups excluding carboxylic acids is 2. The minimum Gasteiger partial charge on any atom is -0.493 e. The molecule has 2 N–H and O–H groups in total. The lowest BCUT2D eigenvalue weighted by Crippen LogP contribution is -2.10. The van der Waals surface area contributed by atoms with Gasteiger partial charge in [0.05, 0.1) is 20.8 Å². The number of nitrogens with two attached hydrogens (primary N) is 1. The minimum absolute atomic E-state index is 0.197. The minimum atomic E-state index is -0.555. The number of hydrogen-bond acceptors (Lipinski definition) is 6. The molecule has 0 atom stereocenters. The number of esters is 2. The molecule has 0 fully saturated rings. The highest BCUT2D eigenvalue weighted by Crippen LogP contribution is 2.25. The summed E-state index contributed by atoms with van der Waals surface area (Å²) in [5, 5.41) is 0. The largest absolute Gasteiger partial charge is 0.493 e. The molecule has 0 heterocycles. The summed E-state index contributed by atoms with van der Waals surface area (Å²) in [5.41, 5.74) is 6.20. The highest BCUT2D eigenvalue weighted by molar-refractivity contribution is 5.98. The van der Waals surface area contributed by atoms with Gasteiger partial charge in [-0.05, 0) is 18.6 Å². The van der Waals surface area contributed by atoms with E-state index in [2.05, 4.69) is 9.47 Å². The lowest BCUT2D eigenvalue weighted by molar-refractivity contribution is -0.140. The number of hydrogen-bond donors (Lipinski definition) is 1. The van der Waals surface area contributed by atoms with Crippen molar-refractivity contribution in [1.82, 2.24) is 0 Å². The molecule has 1 rings (SSSR count). The van der Waals surface area contributed by atoms with Gasteiger partial charge in [-0.25, -0.2) is 4.79 Å². The molecule has 0 amide bonds. The normalized spacial score (nSPS) is 9.79. The van der Waals surface area contributed by atoms with Crippen LogP contribution in [0, 0.1) is 0 Å². The van der Waals surface area contributed by atoms with Crippen molar-refractivity contribution in [2.45, 2.75) is 12.8 Å². The van der Waals surface area contributed by atoms with Crippen LogP contribution in [0.5, 0.6) is 5.75 Å². The molecule has 0 aromatic heterocycles. The molecule has 0 saturated carbocycles. The van der Waals surface area contributed by atoms with Crippen LogP contribution in [0.4, 0.5) is 5.69 Å². The Balaban J connectivity index is 2.65. The van der Waals surface area contributed by atoms with Gasteiger partial charge in [-0.3, -0.25) is 4.79 Å². The van der Waals surface area contributed by atoms with Crippen LogP contribution >= 0.6 is 0 Å². The van der Waals surface area contributed by atoms with Crippen LogP contribution in [0.25, 0.3) is 0 Å². The predicted octanol–water partition coefficient (Wildman–Crippen LogP) is 1.39. The van der Waals surface area contributed by atoms with Crippen LogP contribution in [-0.4, -0.2) is 32.8 Å². The van der Waals surface area contributed by atoms with E-state index in [4.69, 9.17) is 10.5 Å². The molecular formula is C13H17NO5. The quantitative estimate of drug-likeness (QED) is 0.476. The molecular weight excluding hydrogens is 250 g/mol. The Bertz CT molecular complexity index is 458. The summed E-state index contributed by atoms with van der Waals surface area (Å²) in [6.07, 6.45) is 0.745. The fourth-order valence-electron chi connectivity index (χ4n) is 1.49. The Morgan fingerprint density at radius 3 is 2.58 bits per heavy atom. The third-order valence-electron chi connectivity index (χ3n) is 2.46. The zero-order chi connectivity index (χ0) is 14.3. The highest BCUT2D eigenvalue weighted by Gasteiger charge is 2.16. The van der Waals surface area contributed by atoms with Gasteiger partial charge in [0.15, 0.2) is 0 Å². The van der Waals surface area contributed by atoms with Crippen molar-refractivity contribution in [1.29, 1.82) is 0 Å². The summed E-state index contributed by atoms with van der Waals surface area (Å²) in [7, 11) is 2.60. The first-order chi connectivity index (χ1) is 9.10. The molecule has 6 heteroatoms. The molecule has 0 radical (unpaired) electrons. The molecule has 0 aliphatic rings. The van der Waals surface area contributed by atoms with E-state index in [1.165, 1.54) is 14.2 Å². The number of nitrogen functional groups attached to an aromatic ring is 1. The van der Waals surface area contributed by atoms with Gasteiger partial charge in [0.25, 0.3) is 0 Å². The van der Waals surface area contributed by atoms with Gasteiger partial charge in [0, 0.05) is 12.1 Å². The summed E-state index contributed by atoms with van der Waals surface area (Å²) in [4.78, 5) is 22.5. The second kappa shape index (κ2) is 7.25. The van der Waals surface area contributed by atoms with Gasteiger partial charge in [-0.2, -0.15) is 0 Å². The van der Waals surface area contributed by atoms with Crippen molar-refractivity contribution >= 4 is 17.6 Å². The SMILES string of the molecule is COC(=O)CCCOc1cccc(N)c1C(=O)OC. The van der Waals surface area contributed by atoms with Gasteiger partial charge in [0.2, 0.25) is 0 Å². The van der Waals surface area contributed by atoms with Gasteiger partial charge >= 0.3 is 11.9 Å². The second-order valence-electron chi connectivity index (χ2n) is 3.74. The molecule has 0 bridgehead atoms. The summed E-state index contributed by atoms with van der Waals surface area (Å²) in [6, 6.07) is 4.89. The Morgan fingerprint density at radius 1 is 1.21 bits per heavy atom. The number of ether oxygens (including phenoxy) is 3. The number of benzene rings is 1. The molecule has 0 aliphatic carbocycles. The van der Waals surface area contributed by atoms with Crippen LogP contribution in [-0.2, 0) is 14.3 Å². The molecule has 1 aromatic rings. The average Bonchev–Trinajstić information content (AvgIpc) is 2.42. The standard InChI is InChI=1S/C13H17NO5/c1-17-11(15)7-4-8-19-10-6-3-5-9(14)12(10)13(16)18-2/h3,5-6H,4,7-8,14H2,1-2H3. The molecule has 6 nitrogen and oxygen atoms in total. The molecule has 0 saturated heterocycles. The van der Waals surface area contributed by atoms with Crippen LogP contribution in [0.1, 0.15) is 23.2 Å². The maximum absolute atomic E-state index is 11.6. The van der Waals surface area contributed by atoms with Crippen molar-refractivity contribution in [3.8, 4) is 5.75 Å². The third kappa shape index (κ3) is 4.17. The monoisotopic (exact) mass is 267 g/mol. The van der Waals surface area contributed by atoms with Crippen LogP contribution in [0.3, 0.4) is 0 Å². The van der Waals surface area contributed by atoms with E-state index in [0.29, 0.717) is 12.2 Å². The number of carbonyl (C=O) groups is 2. The zero-order valence-corrected chi connectivity index (χ0v) is 11.0. The first-order valence-electron chi connectivity index (χ1n) is 5.76. The lowest BCUT2D eigenvalue weighted by Gasteiger charge is -2.11. The first kappa shape index (κ1) is 14.8. The molecule has 19 heavy (non-hydrogen) atoms. The summed E-state index contributed by atoms with van der Waals surface area (Å²) in [5.74, 6) is -0.512. The summed E-state index contributed by atoms with van der Waals surface area (Å²) in [6.45, 7) is 0.280. The van der Waals surface area contributed by atoms with E-state index in [-0.39, 0.29) is 30.2 Å². The lowest BCUT2D eigenvalue weighted by atomic mass is 10.1. The van der Waals surface area contributed by atoms with Crippen LogP contribution in [0.2, 0.25) is 0 Å². The smallest absolute Gasteiger partial charge is 0.343 e. The topological polar surface area (TPSA) is 87.9 Å². The Kier molecular flexibility index (Phi) is 5.66. The summed E-state index contributed by atoms with van der Waals surface area (Å²) >= 11 is 0. The van der Waals surface area contributed by atoms with E-state index in [0.717, 1.165) is 0 Å². The number of methoxy groups -OCH3 is 2. The maximum Gasteiger partial charge on any atom is 0.343 e. The Hall–Kier alpha value is -2.24. The van der Waals surface area contributed by atoms with Gasteiger partial charge in [-0.1, -0.05) is 6.07 Å². The molecule has 0 aliphatic heterocycles. The average molecular weight is 267 g/mol. The van der Waals surface area contributed by atoms with Crippen LogP contribution < -0.4 is 10.5 Å². The molecule has 0 spiro atoms. The second-order valence-corrected chi connectivity index (χ2v) is 3.74. The van der Waals surface area contributed by atoms with Crippen molar-refractivity contribution < 1.29 is 23.8 Å². The summed E-state index contributed by atoms with van der Waals surface area (Å²) < 4.78 is 14.6. The van der Waals surface area contributed by atoms with Gasteiger partial charge < -0.3 is 19.9 Å². The third-order valence-corrected chi connectivity index (χ3v) is 2.46. The molecule has 104 valence electrons. The van der Waals surface area contributed by atoms with E-state index >= 15 is 0 Å². The van der Waals surface area contributed by atoms with Crippen molar-refractivity contribution in [2.24, 2.45) is 0 Å². The maximum atomic E-state index is 11.6. The van der Waals surface area contributed by atoms with Gasteiger partial charge in [-0.15, -0.1) is 0 Å². The van der Waals surface area contributed by atoms with Crippen molar-refractivity contribution in [3.05, 3.63) is 23.8 Å². The fourth-order valence-corrected chi connectivity index (χ4v) is 1.49. The Morgan fingerprint density at radius 2 is 1.95 bits per heavy atom. The molecule has 0 unspecified atom stereocenters. The van der Waals surface area contributed by atoms with Gasteiger partial charge in [0.1, 0.15) is 11.3 Å². The number of anilines is 1. The van der Waals surface area contributed by atoms with E-state index < -0.39 is 5.97 Å². The van der Waals surface area contributed by atoms with E-state index in [1.54, 1.807) is 18.2 Å². The van der Waals surface area contributed by atoms with E-state index in [9.17, 15) is 9.59 Å². The van der Waals surface area contributed by atoms with Crippen molar-refractivity contribution in [3.63, 3.8) is 0 Å². The zero-order valence-electron chi connectivity index (χ0n) is 11.0. The Labute approximate surface area is 111 Å². The van der Waals surface area contributed by atoms with Crippen LogP contribution in [0.15, 0.2) is 18.2 Å². The number of rotatable bonds is 6. The predicted molar refractivity (Wildman–Crippen MR) is 68.9 cm³/mol. The fraction of sp³-hybridized carbons (Fsp3) is 0.385.